The summed E-state index contributed by atoms with van der Waals surface area (Å²) in [5.74, 6) is 2.03. The number of nitro benzene ring substituents is 1. The van der Waals surface area contributed by atoms with Crippen molar-refractivity contribution in [1.29, 1.82) is 0 Å². The second-order valence-corrected chi connectivity index (χ2v) is 8.40. The Hall–Kier alpha value is -2.84. The molecule has 150 valence electrons. The number of nitrogens with one attached hydrogen (secondary N) is 2. The molecule has 2 aromatic carbocycles. The molecule has 7 nitrogen and oxygen atoms in total. The number of carbonyl (C=O) groups excluding carboxylic acids is 1. The van der Waals surface area contributed by atoms with Gasteiger partial charge in [-0.05, 0) is 30.2 Å². The first-order valence-corrected chi connectivity index (χ1v) is 10.6. The van der Waals surface area contributed by atoms with E-state index in [0.717, 1.165) is 30.9 Å². The molecule has 0 bridgehead atoms. The van der Waals surface area contributed by atoms with Gasteiger partial charge in [-0.3, -0.25) is 19.8 Å². The Bertz CT molecular complexity index is 1070. The summed E-state index contributed by atoms with van der Waals surface area (Å²) in [5, 5.41) is 14.7. The summed E-state index contributed by atoms with van der Waals surface area (Å²) in [5.41, 5.74) is 3.57. The number of aryl methyl sites for hydroxylation is 1. The van der Waals surface area contributed by atoms with Crippen LogP contribution in [0.5, 0.6) is 0 Å². The SMILES string of the molecule is Cc1cc(CN2CCSCC2)ccc1NC(=O)c1cc2cccc([N+](=O)[O-])c2[nH]1. The lowest BCUT2D eigenvalue weighted by atomic mass is 10.1. The Morgan fingerprint density at radius 3 is 2.76 bits per heavy atom. The first-order chi connectivity index (χ1) is 14.0. The van der Waals surface area contributed by atoms with Crippen molar-refractivity contribution in [2.75, 3.05) is 29.9 Å². The van der Waals surface area contributed by atoms with Crippen LogP contribution in [0, 0.1) is 17.0 Å². The molecule has 2 N–H and O–H groups in total. The van der Waals surface area contributed by atoms with E-state index >= 15 is 0 Å². The molecule has 0 aliphatic carbocycles. The van der Waals surface area contributed by atoms with Crippen molar-refractivity contribution in [3.63, 3.8) is 0 Å². The summed E-state index contributed by atoms with van der Waals surface area (Å²) in [6.07, 6.45) is 0. The lowest BCUT2D eigenvalue weighted by Crippen LogP contribution is -2.31. The molecule has 0 atom stereocenters. The summed E-state index contributed by atoms with van der Waals surface area (Å²) in [7, 11) is 0. The van der Waals surface area contributed by atoms with E-state index < -0.39 is 4.92 Å². The van der Waals surface area contributed by atoms with Crippen LogP contribution in [-0.4, -0.2) is 45.3 Å². The van der Waals surface area contributed by atoms with Crippen LogP contribution in [0.25, 0.3) is 10.9 Å². The van der Waals surface area contributed by atoms with Crippen molar-refractivity contribution in [2.24, 2.45) is 0 Å². The van der Waals surface area contributed by atoms with Crippen LogP contribution in [0.3, 0.4) is 0 Å². The molecule has 1 amide bonds. The molecular weight excluding hydrogens is 388 g/mol. The van der Waals surface area contributed by atoms with E-state index in [1.807, 2.05) is 30.8 Å². The third-order valence-electron chi connectivity index (χ3n) is 5.12. The van der Waals surface area contributed by atoms with Crippen LogP contribution >= 0.6 is 11.8 Å². The van der Waals surface area contributed by atoms with E-state index in [4.69, 9.17) is 0 Å². The van der Waals surface area contributed by atoms with E-state index in [9.17, 15) is 14.9 Å². The van der Waals surface area contributed by atoms with Crippen LogP contribution in [0.15, 0.2) is 42.5 Å². The number of non-ortho nitro benzene ring substituents is 1. The zero-order valence-electron chi connectivity index (χ0n) is 16.1. The smallest absolute Gasteiger partial charge is 0.293 e. The standard InChI is InChI=1S/C21H22N4O3S/c1-14-11-15(13-24-7-9-29-10-8-24)5-6-17(14)23-21(26)18-12-16-3-2-4-19(25(27)28)20(16)22-18/h2-6,11-12,22H,7-10,13H2,1H3,(H,23,26). The number of carbonyl (C=O) groups is 1. The second-order valence-electron chi connectivity index (χ2n) is 7.17. The Kier molecular flexibility index (Phi) is 5.55. The average Bonchev–Trinajstić information content (AvgIpc) is 3.15. The number of para-hydroxylation sites is 1. The average molecular weight is 410 g/mol. The molecule has 2 heterocycles. The number of aromatic nitrogens is 1. The fraction of sp³-hybridized carbons (Fsp3) is 0.286. The maximum absolute atomic E-state index is 12.7. The van der Waals surface area contributed by atoms with Crippen molar-refractivity contribution in [2.45, 2.75) is 13.5 Å². The van der Waals surface area contributed by atoms with Gasteiger partial charge >= 0.3 is 0 Å². The molecule has 1 saturated heterocycles. The lowest BCUT2D eigenvalue weighted by Gasteiger charge is -2.26. The third kappa shape index (κ3) is 4.28. The van der Waals surface area contributed by atoms with Crippen LogP contribution < -0.4 is 5.32 Å². The maximum Gasteiger partial charge on any atom is 0.293 e. The number of benzene rings is 2. The summed E-state index contributed by atoms with van der Waals surface area (Å²) >= 11 is 1.99. The highest BCUT2D eigenvalue weighted by Crippen LogP contribution is 2.26. The van der Waals surface area contributed by atoms with Gasteiger partial charge in [0.1, 0.15) is 11.2 Å². The topological polar surface area (TPSA) is 91.3 Å². The Labute approximate surface area is 172 Å². The highest BCUT2D eigenvalue weighted by molar-refractivity contribution is 7.99. The number of amides is 1. The van der Waals surface area contributed by atoms with E-state index in [0.29, 0.717) is 16.6 Å². The molecule has 29 heavy (non-hydrogen) atoms. The second kappa shape index (κ2) is 8.26. The molecule has 1 aliphatic rings. The van der Waals surface area contributed by atoms with Gasteiger partial charge in [-0.1, -0.05) is 24.3 Å². The van der Waals surface area contributed by atoms with Crippen molar-refractivity contribution in [3.8, 4) is 0 Å². The van der Waals surface area contributed by atoms with Crippen LogP contribution in [0.1, 0.15) is 21.6 Å². The first kappa shape index (κ1) is 19.5. The van der Waals surface area contributed by atoms with Gasteiger partial charge in [0.25, 0.3) is 11.6 Å². The fourth-order valence-corrected chi connectivity index (χ4v) is 4.56. The summed E-state index contributed by atoms with van der Waals surface area (Å²) in [6.45, 7) is 5.10. The molecule has 1 aromatic heterocycles. The Balaban J connectivity index is 1.50. The summed E-state index contributed by atoms with van der Waals surface area (Å²) < 4.78 is 0. The summed E-state index contributed by atoms with van der Waals surface area (Å²) in [4.78, 5) is 28.8. The van der Waals surface area contributed by atoms with Gasteiger partial charge in [-0.25, -0.2) is 0 Å². The highest BCUT2D eigenvalue weighted by atomic mass is 32.2. The molecule has 8 heteroatoms. The van der Waals surface area contributed by atoms with E-state index in [1.165, 1.54) is 23.1 Å². The number of rotatable bonds is 5. The Morgan fingerprint density at radius 1 is 1.24 bits per heavy atom. The maximum atomic E-state index is 12.7. The zero-order chi connectivity index (χ0) is 20.4. The van der Waals surface area contributed by atoms with Gasteiger partial charge in [0, 0.05) is 48.3 Å². The number of thioether (sulfide) groups is 1. The van der Waals surface area contributed by atoms with Gasteiger partial charge in [0.05, 0.1) is 4.92 Å². The van der Waals surface area contributed by atoms with E-state index in [-0.39, 0.29) is 11.6 Å². The number of aromatic amines is 1. The number of nitro groups is 1. The van der Waals surface area contributed by atoms with Gasteiger partial charge in [0.2, 0.25) is 0 Å². The van der Waals surface area contributed by atoms with Gasteiger partial charge in [-0.15, -0.1) is 0 Å². The highest BCUT2D eigenvalue weighted by Gasteiger charge is 2.18. The van der Waals surface area contributed by atoms with E-state index in [2.05, 4.69) is 21.3 Å². The van der Waals surface area contributed by atoms with Crippen molar-refractivity contribution < 1.29 is 9.72 Å². The minimum atomic E-state index is -0.454. The minimum Gasteiger partial charge on any atom is -0.345 e. The molecule has 0 radical (unpaired) electrons. The molecule has 0 unspecified atom stereocenters. The number of nitrogens with zero attached hydrogens (tertiary/aromatic N) is 2. The van der Waals surface area contributed by atoms with Crippen LogP contribution in [0.4, 0.5) is 11.4 Å². The number of hydrogen-bond donors (Lipinski definition) is 2. The Morgan fingerprint density at radius 2 is 2.03 bits per heavy atom. The molecule has 4 rings (SSSR count). The largest absolute Gasteiger partial charge is 0.345 e. The van der Waals surface area contributed by atoms with Crippen LogP contribution in [-0.2, 0) is 6.54 Å². The van der Waals surface area contributed by atoms with E-state index in [1.54, 1.807) is 18.2 Å². The van der Waals surface area contributed by atoms with Gasteiger partial charge in [0.15, 0.2) is 0 Å². The minimum absolute atomic E-state index is 0.0433. The number of H-pyrrole nitrogens is 1. The van der Waals surface area contributed by atoms with Crippen LogP contribution in [0.2, 0.25) is 0 Å². The predicted molar refractivity (Wildman–Crippen MR) is 117 cm³/mol. The summed E-state index contributed by atoms with van der Waals surface area (Å²) in [6, 6.07) is 12.5. The molecule has 3 aromatic rings. The number of fused-ring (bicyclic) bond motifs is 1. The van der Waals surface area contributed by atoms with Crippen molar-refractivity contribution >= 4 is 39.9 Å². The molecule has 1 fully saturated rings. The molecule has 0 saturated carbocycles. The van der Waals surface area contributed by atoms with Crippen molar-refractivity contribution in [1.82, 2.24) is 9.88 Å². The van der Waals surface area contributed by atoms with Crippen molar-refractivity contribution in [3.05, 3.63) is 69.4 Å². The quantitative estimate of drug-likeness (QED) is 0.486. The number of hydrogen-bond acceptors (Lipinski definition) is 5. The predicted octanol–water partition coefficient (Wildman–Crippen LogP) is 4.19. The van der Waals surface area contributed by atoms with Gasteiger partial charge < -0.3 is 10.3 Å². The molecular formula is C21H22N4O3S. The van der Waals surface area contributed by atoms with Gasteiger partial charge in [-0.2, -0.15) is 11.8 Å². The fourth-order valence-electron chi connectivity index (χ4n) is 3.59. The molecule has 1 aliphatic heterocycles. The number of anilines is 1. The monoisotopic (exact) mass is 410 g/mol. The lowest BCUT2D eigenvalue weighted by molar-refractivity contribution is -0.383. The third-order valence-corrected chi connectivity index (χ3v) is 6.07. The molecule has 0 spiro atoms. The zero-order valence-corrected chi connectivity index (χ0v) is 16.9. The first-order valence-electron chi connectivity index (χ1n) is 9.48. The normalized spacial score (nSPS) is 14.8.